The first-order chi connectivity index (χ1) is 13.2. The molecule has 2 aromatic carbocycles. The summed E-state index contributed by atoms with van der Waals surface area (Å²) in [6, 6.07) is 16.7. The van der Waals surface area contributed by atoms with Crippen molar-refractivity contribution >= 4 is 11.9 Å². The molecular weight excluding hydrogens is 342 g/mol. The molecule has 142 valence electrons. The lowest BCUT2D eigenvalue weighted by molar-refractivity contribution is -0.125. The van der Waals surface area contributed by atoms with Gasteiger partial charge in [0.2, 0.25) is 0 Å². The average molecular weight is 367 g/mol. The Morgan fingerprint density at radius 2 is 1.63 bits per heavy atom. The van der Waals surface area contributed by atoms with Crippen molar-refractivity contribution in [2.75, 3.05) is 6.61 Å². The quantitative estimate of drug-likeness (QED) is 0.755. The number of ether oxygens (including phenoxy) is 2. The van der Waals surface area contributed by atoms with Crippen LogP contribution >= 0.6 is 0 Å². The molecule has 1 aliphatic rings. The van der Waals surface area contributed by atoms with Crippen LogP contribution < -0.4 is 10.1 Å². The number of rotatable bonds is 7. The van der Waals surface area contributed by atoms with Crippen LogP contribution in [0.5, 0.6) is 5.75 Å². The summed E-state index contributed by atoms with van der Waals surface area (Å²) in [5.41, 5.74) is 1.14. The van der Waals surface area contributed by atoms with E-state index in [1.165, 1.54) is 6.42 Å². The number of amides is 1. The molecule has 1 fully saturated rings. The van der Waals surface area contributed by atoms with Gasteiger partial charge in [-0.25, -0.2) is 4.79 Å². The summed E-state index contributed by atoms with van der Waals surface area (Å²) in [7, 11) is 0. The largest absolute Gasteiger partial charge is 0.489 e. The zero-order valence-electron chi connectivity index (χ0n) is 15.4. The minimum absolute atomic E-state index is 0.205. The zero-order chi connectivity index (χ0) is 18.9. The Morgan fingerprint density at radius 3 is 2.41 bits per heavy atom. The van der Waals surface area contributed by atoms with E-state index in [9.17, 15) is 9.59 Å². The van der Waals surface area contributed by atoms with Crippen LogP contribution in [-0.2, 0) is 16.1 Å². The molecule has 0 heterocycles. The number of carbonyl (C=O) groups excluding carboxylic acids is 2. The molecule has 0 bridgehead atoms. The maximum Gasteiger partial charge on any atom is 0.339 e. The maximum atomic E-state index is 12.4. The lowest BCUT2D eigenvalue weighted by Gasteiger charge is -2.22. The second-order valence-corrected chi connectivity index (χ2v) is 6.74. The molecule has 1 saturated carbocycles. The molecule has 0 saturated heterocycles. The molecule has 1 amide bonds. The summed E-state index contributed by atoms with van der Waals surface area (Å²) >= 11 is 0. The van der Waals surface area contributed by atoms with Gasteiger partial charge in [-0.3, -0.25) is 4.79 Å². The number of para-hydroxylation sites is 1. The van der Waals surface area contributed by atoms with Gasteiger partial charge < -0.3 is 14.8 Å². The minimum atomic E-state index is -0.513. The van der Waals surface area contributed by atoms with E-state index in [4.69, 9.17) is 9.47 Å². The van der Waals surface area contributed by atoms with Gasteiger partial charge in [0.05, 0.1) is 5.56 Å². The van der Waals surface area contributed by atoms with Gasteiger partial charge in [-0.2, -0.15) is 0 Å². The van der Waals surface area contributed by atoms with Crippen LogP contribution in [0.25, 0.3) is 0 Å². The van der Waals surface area contributed by atoms with Gasteiger partial charge in [-0.05, 0) is 31.0 Å². The van der Waals surface area contributed by atoms with Crippen molar-refractivity contribution < 1.29 is 19.1 Å². The molecule has 0 spiro atoms. The average Bonchev–Trinajstić information content (AvgIpc) is 2.72. The molecule has 2 aromatic rings. The van der Waals surface area contributed by atoms with Gasteiger partial charge in [0.25, 0.3) is 5.91 Å². The molecule has 27 heavy (non-hydrogen) atoms. The fourth-order valence-electron chi connectivity index (χ4n) is 3.25. The molecule has 1 aliphatic carbocycles. The Bertz CT molecular complexity index is 754. The Balaban J connectivity index is 1.52. The van der Waals surface area contributed by atoms with Crippen molar-refractivity contribution in [2.24, 2.45) is 0 Å². The molecule has 0 radical (unpaired) electrons. The third-order valence-electron chi connectivity index (χ3n) is 4.68. The molecule has 0 aliphatic heterocycles. The molecule has 5 heteroatoms. The third kappa shape index (κ3) is 5.84. The summed E-state index contributed by atoms with van der Waals surface area (Å²) in [5, 5.41) is 2.95. The van der Waals surface area contributed by atoms with Gasteiger partial charge >= 0.3 is 5.97 Å². The first-order valence-electron chi connectivity index (χ1n) is 9.44. The highest BCUT2D eigenvalue weighted by molar-refractivity contribution is 5.92. The zero-order valence-corrected chi connectivity index (χ0v) is 15.4. The molecule has 0 unspecified atom stereocenters. The van der Waals surface area contributed by atoms with Crippen molar-refractivity contribution in [2.45, 2.75) is 44.8 Å². The molecule has 5 nitrogen and oxygen atoms in total. The Hall–Kier alpha value is -2.82. The lowest BCUT2D eigenvalue weighted by Crippen LogP contribution is -2.38. The first-order valence-corrected chi connectivity index (χ1v) is 9.44. The summed E-state index contributed by atoms with van der Waals surface area (Å²) < 4.78 is 10.9. The van der Waals surface area contributed by atoms with Crippen molar-refractivity contribution in [3.8, 4) is 5.75 Å². The van der Waals surface area contributed by atoms with Gasteiger partial charge in [0, 0.05) is 11.6 Å². The SMILES string of the molecule is O=C(COC(=O)c1ccccc1COc1ccccc1)NC1CCCCC1. The van der Waals surface area contributed by atoms with E-state index in [1.807, 2.05) is 42.5 Å². The summed E-state index contributed by atoms with van der Waals surface area (Å²) in [6.07, 6.45) is 5.50. The summed E-state index contributed by atoms with van der Waals surface area (Å²) in [5.74, 6) is -0.0261. The van der Waals surface area contributed by atoms with Crippen LogP contribution in [0.2, 0.25) is 0 Å². The number of benzene rings is 2. The van der Waals surface area contributed by atoms with E-state index in [-0.39, 0.29) is 25.2 Å². The van der Waals surface area contributed by atoms with Crippen LogP contribution in [0.3, 0.4) is 0 Å². The van der Waals surface area contributed by atoms with Crippen LogP contribution in [0.4, 0.5) is 0 Å². The molecule has 3 rings (SSSR count). The Morgan fingerprint density at radius 1 is 0.926 bits per heavy atom. The Labute approximate surface area is 159 Å². The highest BCUT2D eigenvalue weighted by Crippen LogP contribution is 2.18. The number of nitrogens with one attached hydrogen (secondary N) is 1. The standard InChI is InChI=1S/C22H25NO4/c24-21(23-18-10-3-1-4-11-18)16-27-22(25)20-14-8-7-9-17(20)15-26-19-12-5-2-6-13-19/h2,5-9,12-14,18H,1,3-4,10-11,15-16H2,(H,23,24). The van der Waals surface area contributed by atoms with Gasteiger partial charge in [0.1, 0.15) is 12.4 Å². The second kappa shape index (κ2) is 9.76. The highest BCUT2D eigenvalue weighted by atomic mass is 16.5. The number of hydrogen-bond donors (Lipinski definition) is 1. The second-order valence-electron chi connectivity index (χ2n) is 6.74. The smallest absolute Gasteiger partial charge is 0.339 e. The van der Waals surface area contributed by atoms with E-state index < -0.39 is 5.97 Å². The summed E-state index contributed by atoms with van der Waals surface area (Å²) in [6.45, 7) is -0.00718. The number of carbonyl (C=O) groups is 2. The monoisotopic (exact) mass is 367 g/mol. The molecular formula is C22H25NO4. The van der Waals surface area contributed by atoms with Crippen LogP contribution in [0, 0.1) is 0 Å². The molecule has 1 N–H and O–H groups in total. The van der Waals surface area contributed by atoms with Gasteiger partial charge in [-0.1, -0.05) is 55.7 Å². The predicted molar refractivity (Wildman–Crippen MR) is 103 cm³/mol. The van der Waals surface area contributed by atoms with Crippen molar-refractivity contribution in [1.82, 2.24) is 5.32 Å². The van der Waals surface area contributed by atoms with Crippen LogP contribution in [-0.4, -0.2) is 24.5 Å². The van der Waals surface area contributed by atoms with E-state index >= 15 is 0 Å². The van der Waals surface area contributed by atoms with E-state index in [1.54, 1.807) is 12.1 Å². The number of hydrogen-bond acceptors (Lipinski definition) is 4. The first kappa shape index (κ1) is 19.0. The van der Waals surface area contributed by atoms with E-state index in [0.29, 0.717) is 5.56 Å². The van der Waals surface area contributed by atoms with E-state index in [0.717, 1.165) is 37.0 Å². The Kier molecular flexibility index (Phi) is 6.85. The summed E-state index contributed by atoms with van der Waals surface area (Å²) in [4.78, 5) is 24.4. The topological polar surface area (TPSA) is 64.6 Å². The third-order valence-corrected chi connectivity index (χ3v) is 4.68. The van der Waals surface area contributed by atoms with Crippen molar-refractivity contribution in [1.29, 1.82) is 0 Å². The van der Waals surface area contributed by atoms with Crippen molar-refractivity contribution in [3.05, 3.63) is 65.7 Å². The van der Waals surface area contributed by atoms with Gasteiger partial charge in [-0.15, -0.1) is 0 Å². The number of esters is 1. The minimum Gasteiger partial charge on any atom is -0.489 e. The van der Waals surface area contributed by atoms with Crippen LogP contribution in [0.15, 0.2) is 54.6 Å². The fourth-order valence-corrected chi connectivity index (χ4v) is 3.25. The fraction of sp³-hybridized carbons (Fsp3) is 0.364. The molecule has 0 atom stereocenters. The van der Waals surface area contributed by atoms with Gasteiger partial charge in [0.15, 0.2) is 6.61 Å². The van der Waals surface area contributed by atoms with Crippen molar-refractivity contribution in [3.63, 3.8) is 0 Å². The molecule has 0 aromatic heterocycles. The van der Waals surface area contributed by atoms with E-state index in [2.05, 4.69) is 5.32 Å². The van der Waals surface area contributed by atoms with Crippen LogP contribution in [0.1, 0.15) is 48.0 Å². The highest BCUT2D eigenvalue weighted by Gasteiger charge is 2.18. The predicted octanol–water partition coefficient (Wildman–Crippen LogP) is 3.87. The normalized spacial score (nSPS) is 14.4. The lowest BCUT2D eigenvalue weighted by atomic mass is 9.95. The maximum absolute atomic E-state index is 12.4.